The predicted octanol–water partition coefficient (Wildman–Crippen LogP) is 5.91. The fraction of sp³-hybridized carbons (Fsp3) is 0.273. The monoisotopic (exact) mass is 445 g/mol. The van der Waals surface area contributed by atoms with E-state index in [-0.39, 0.29) is 18.1 Å². The standard InChI is InChI=1S/C22H21Cl2N3OS/c1-22(2,3)20-15(11-25)19(26-21(29)27-20)13-7-9-14(10-8-13)28-12-16-17(23)5-4-6-18(16)24/h4-10,19H,12H2,1-3H3,(H2,26,27,29)/t19-/m0/s1. The second kappa shape index (κ2) is 8.62. The Kier molecular flexibility index (Phi) is 6.38. The van der Waals surface area contributed by atoms with Gasteiger partial charge in [0.05, 0.1) is 17.7 Å². The summed E-state index contributed by atoms with van der Waals surface area (Å²) in [5.41, 5.74) is 2.90. The van der Waals surface area contributed by atoms with Crippen LogP contribution in [0.4, 0.5) is 0 Å². The summed E-state index contributed by atoms with van der Waals surface area (Å²) in [6.07, 6.45) is 0. The van der Waals surface area contributed by atoms with E-state index < -0.39 is 0 Å². The van der Waals surface area contributed by atoms with Gasteiger partial charge in [0.25, 0.3) is 0 Å². The molecule has 0 radical (unpaired) electrons. The van der Waals surface area contributed by atoms with Crippen LogP contribution in [0.5, 0.6) is 5.75 Å². The molecule has 0 amide bonds. The number of ether oxygens (including phenoxy) is 1. The first-order chi connectivity index (χ1) is 13.7. The van der Waals surface area contributed by atoms with Gasteiger partial charge in [-0.3, -0.25) is 0 Å². The summed E-state index contributed by atoms with van der Waals surface area (Å²) in [5.74, 6) is 0.680. The molecule has 150 valence electrons. The zero-order valence-corrected chi connectivity index (χ0v) is 18.7. The second-order valence-corrected chi connectivity index (χ2v) is 8.96. The molecule has 0 fully saturated rings. The molecule has 0 saturated heterocycles. The fourth-order valence-corrected chi connectivity index (χ4v) is 3.84. The van der Waals surface area contributed by atoms with Gasteiger partial charge in [-0.25, -0.2) is 0 Å². The number of nitrogens with zero attached hydrogens (tertiary/aromatic N) is 1. The van der Waals surface area contributed by atoms with Gasteiger partial charge in [0, 0.05) is 26.7 Å². The van der Waals surface area contributed by atoms with Crippen molar-refractivity contribution in [2.75, 3.05) is 0 Å². The van der Waals surface area contributed by atoms with Crippen LogP contribution >= 0.6 is 35.4 Å². The highest BCUT2D eigenvalue weighted by Crippen LogP contribution is 2.35. The van der Waals surface area contributed by atoms with E-state index in [1.54, 1.807) is 18.2 Å². The van der Waals surface area contributed by atoms with Crippen LogP contribution in [0.25, 0.3) is 0 Å². The summed E-state index contributed by atoms with van der Waals surface area (Å²) in [6, 6.07) is 15.0. The van der Waals surface area contributed by atoms with Crippen molar-refractivity contribution in [1.82, 2.24) is 10.6 Å². The molecule has 2 aromatic carbocycles. The molecule has 0 saturated carbocycles. The minimum absolute atomic E-state index is 0.229. The van der Waals surface area contributed by atoms with Gasteiger partial charge in [-0.15, -0.1) is 0 Å². The Labute approximate surface area is 186 Å². The van der Waals surface area contributed by atoms with Gasteiger partial charge < -0.3 is 15.4 Å². The normalized spacial score (nSPS) is 16.7. The lowest BCUT2D eigenvalue weighted by Gasteiger charge is -2.34. The summed E-state index contributed by atoms with van der Waals surface area (Å²) in [5, 5.41) is 17.8. The van der Waals surface area contributed by atoms with Gasteiger partial charge in [0.15, 0.2) is 5.11 Å². The Morgan fingerprint density at radius 1 is 1.10 bits per heavy atom. The van der Waals surface area contributed by atoms with Crippen LogP contribution < -0.4 is 15.4 Å². The zero-order valence-electron chi connectivity index (χ0n) is 16.3. The molecular weight excluding hydrogens is 425 g/mol. The van der Waals surface area contributed by atoms with Gasteiger partial charge in [-0.05, 0) is 42.0 Å². The lowest BCUT2D eigenvalue weighted by molar-refractivity contribution is 0.306. The quantitative estimate of drug-likeness (QED) is 0.572. The number of rotatable bonds is 4. The number of halogens is 2. The lowest BCUT2D eigenvalue weighted by atomic mass is 9.84. The van der Waals surface area contributed by atoms with Gasteiger partial charge in [0.2, 0.25) is 0 Å². The molecule has 4 nitrogen and oxygen atoms in total. The number of allylic oxidation sites excluding steroid dienone is 1. The van der Waals surface area contributed by atoms with Gasteiger partial charge in [-0.1, -0.05) is 62.2 Å². The summed E-state index contributed by atoms with van der Waals surface area (Å²) >= 11 is 17.7. The number of hydrogen-bond donors (Lipinski definition) is 2. The third kappa shape index (κ3) is 4.84. The van der Waals surface area contributed by atoms with E-state index in [1.807, 2.05) is 24.3 Å². The molecule has 1 heterocycles. The third-order valence-corrected chi connectivity index (χ3v) is 5.53. The van der Waals surface area contributed by atoms with Crippen LogP contribution in [0.2, 0.25) is 10.0 Å². The van der Waals surface area contributed by atoms with Gasteiger partial charge in [-0.2, -0.15) is 5.26 Å². The number of thiocarbonyl (C=S) groups is 1. The summed E-state index contributed by atoms with van der Waals surface area (Å²) in [4.78, 5) is 0. The highest BCUT2D eigenvalue weighted by atomic mass is 35.5. The van der Waals surface area contributed by atoms with E-state index in [1.165, 1.54) is 0 Å². The van der Waals surface area contributed by atoms with E-state index in [0.717, 1.165) is 16.8 Å². The zero-order chi connectivity index (χ0) is 21.2. The molecule has 2 N–H and O–H groups in total. The number of nitriles is 1. The maximum Gasteiger partial charge on any atom is 0.171 e. The molecule has 1 atom stereocenters. The Hall–Kier alpha value is -2.26. The molecule has 1 aliphatic heterocycles. The molecule has 0 spiro atoms. The first-order valence-electron chi connectivity index (χ1n) is 9.08. The average molecular weight is 446 g/mol. The smallest absolute Gasteiger partial charge is 0.171 e. The van der Waals surface area contributed by atoms with E-state index in [4.69, 9.17) is 40.2 Å². The molecule has 29 heavy (non-hydrogen) atoms. The first-order valence-corrected chi connectivity index (χ1v) is 10.2. The molecule has 0 aliphatic carbocycles. The van der Waals surface area contributed by atoms with Crippen molar-refractivity contribution >= 4 is 40.5 Å². The van der Waals surface area contributed by atoms with Crippen molar-refractivity contribution < 1.29 is 4.74 Å². The van der Waals surface area contributed by atoms with Crippen LogP contribution in [0.3, 0.4) is 0 Å². The number of benzene rings is 2. The van der Waals surface area contributed by atoms with Gasteiger partial charge in [0.1, 0.15) is 12.4 Å². The van der Waals surface area contributed by atoms with Gasteiger partial charge >= 0.3 is 0 Å². The largest absolute Gasteiger partial charge is 0.489 e. The van der Waals surface area contributed by atoms with E-state index in [2.05, 4.69) is 37.5 Å². The highest BCUT2D eigenvalue weighted by molar-refractivity contribution is 7.80. The SMILES string of the molecule is CC(C)(C)C1=C(C#N)[C@H](c2ccc(OCc3c(Cl)cccc3Cl)cc2)NC(=S)N1. The van der Waals surface area contributed by atoms with E-state index >= 15 is 0 Å². The van der Waals surface area contributed by atoms with Crippen LogP contribution in [-0.2, 0) is 6.61 Å². The van der Waals surface area contributed by atoms with Crippen LogP contribution in [0.15, 0.2) is 53.7 Å². The maximum absolute atomic E-state index is 9.78. The molecule has 0 aromatic heterocycles. The Morgan fingerprint density at radius 2 is 1.72 bits per heavy atom. The lowest BCUT2D eigenvalue weighted by Crippen LogP contribution is -2.46. The van der Waals surface area contributed by atoms with Crippen LogP contribution in [-0.4, -0.2) is 5.11 Å². The summed E-state index contributed by atoms with van der Waals surface area (Å²) < 4.78 is 5.84. The third-order valence-electron chi connectivity index (χ3n) is 4.60. The minimum atomic E-state index is -0.310. The molecule has 2 aromatic rings. The van der Waals surface area contributed by atoms with Crippen molar-refractivity contribution in [3.8, 4) is 11.8 Å². The molecule has 3 rings (SSSR count). The van der Waals surface area contributed by atoms with E-state index in [0.29, 0.717) is 26.5 Å². The topological polar surface area (TPSA) is 57.1 Å². The van der Waals surface area contributed by atoms with Crippen LogP contribution in [0.1, 0.15) is 37.9 Å². The summed E-state index contributed by atoms with van der Waals surface area (Å²) in [7, 11) is 0. The highest BCUT2D eigenvalue weighted by Gasteiger charge is 2.32. The Morgan fingerprint density at radius 3 is 2.28 bits per heavy atom. The Balaban J connectivity index is 1.82. The molecule has 1 aliphatic rings. The number of hydrogen-bond acceptors (Lipinski definition) is 3. The molecule has 7 heteroatoms. The van der Waals surface area contributed by atoms with Crippen molar-refractivity contribution in [3.05, 3.63) is 74.9 Å². The van der Waals surface area contributed by atoms with Crippen molar-refractivity contribution in [1.29, 1.82) is 5.26 Å². The molecular formula is C22H21Cl2N3OS. The number of nitrogens with one attached hydrogen (secondary N) is 2. The van der Waals surface area contributed by atoms with Crippen LogP contribution in [0, 0.1) is 16.7 Å². The predicted molar refractivity (Wildman–Crippen MR) is 121 cm³/mol. The summed E-state index contributed by atoms with van der Waals surface area (Å²) in [6.45, 7) is 6.42. The maximum atomic E-state index is 9.78. The van der Waals surface area contributed by atoms with Crippen molar-refractivity contribution in [3.63, 3.8) is 0 Å². The first kappa shape index (κ1) is 21.4. The molecule has 0 bridgehead atoms. The second-order valence-electron chi connectivity index (χ2n) is 7.74. The molecule has 0 unspecified atom stereocenters. The van der Waals surface area contributed by atoms with Crippen molar-refractivity contribution in [2.45, 2.75) is 33.4 Å². The van der Waals surface area contributed by atoms with E-state index in [9.17, 15) is 5.26 Å². The van der Waals surface area contributed by atoms with Crippen molar-refractivity contribution in [2.24, 2.45) is 5.41 Å². The fourth-order valence-electron chi connectivity index (χ4n) is 3.11. The average Bonchev–Trinajstić information content (AvgIpc) is 2.67. The Bertz CT molecular complexity index is 984. The minimum Gasteiger partial charge on any atom is -0.489 e.